The Morgan fingerprint density at radius 2 is 2.05 bits per heavy atom. The van der Waals surface area contributed by atoms with E-state index in [1.807, 2.05) is 50.3 Å². The fourth-order valence-electron chi connectivity index (χ4n) is 4.40. The van der Waals surface area contributed by atoms with E-state index in [-0.39, 0.29) is 5.43 Å². The quantitative estimate of drug-likeness (QED) is 0.212. The highest BCUT2D eigenvalue weighted by Crippen LogP contribution is 2.39. The van der Waals surface area contributed by atoms with Crippen LogP contribution in [0.3, 0.4) is 0 Å². The number of anilines is 1. The molecule has 0 aliphatic rings. The minimum absolute atomic E-state index is 0.216. The Kier molecular flexibility index (Phi) is 6.82. The lowest BCUT2D eigenvalue weighted by atomic mass is 9.92. The third-order valence-electron chi connectivity index (χ3n) is 6.08. The lowest BCUT2D eigenvalue weighted by Crippen LogP contribution is -2.16. The average molecular weight is 506 g/mol. The Morgan fingerprint density at radius 1 is 1.18 bits per heavy atom. The molecular weight excluding hydrogens is 481 g/mol. The number of nitrogens with zero attached hydrogens (tertiary/aromatic N) is 5. The van der Waals surface area contributed by atoms with Gasteiger partial charge in [0.05, 0.1) is 28.6 Å². The van der Waals surface area contributed by atoms with Gasteiger partial charge in [0, 0.05) is 35.0 Å². The van der Waals surface area contributed by atoms with E-state index >= 15 is 0 Å². The first-order valence-electron chi connectivity index (χ1n) is 12.0. The van der Waals surface area contributed by atoms with Crippen LogP contribution in [-0.2, 0) is 0 Å². The second-order valence-electron chi connectivity index (χ2n) is 8.51. The van der Waals surface area contributed by atoms with Crippen LogP contribution in [-0.4, -0.2) is 31.6 Å². The summed E-state index contributed by atoms with van der Waals surface area (Å²) in [5.74, 6) is -0.0279. The van der Waals surface area contributed by atoms with E-state index in [0.717, 1.165) is 0 Å². The minimum Gasteiger partial charge on any atom is -0.361 e. The summed E-state index contributed by atoms with van der Waals surface area (Å²) in [6.45, 7) is 7.60. The molecule has 0 saturated carbocycles. The third kappa shape index (κ3) is 4.57. The van der Waals surface area contributed by atoms with Gasteiger partial charge in [-0.05, 0) is 57.0 Å². The highest BCUT2D eigenvalue weighted by Gasteiger charge is 2.24. The zero-order valence-electron chi connectivity index (χ0n) is 20.8. The number of aliphatic imine (C=N–C) groups is 1. The molecule has 0 aliphatic heterocycles. The van der Waals surface area contributed by atoms with Crippen molar-refractivity contribution in [2.75, 3.05) is 5.32 Å². The van der Waals surface area contributed by atoms with E-state index in [1.165, 1.54) is 24.5 Å². The van der Waals surface area contributed by atoms with Crippen LogP contribution in [0.25, 0.3) is 38.9 Å². The molecule has 0 aliphatic carbocycles. The third-order valence-corrected chi connectivity index (χ3v) is 6.08. The normalized spacial score (nSPS) is 12.8. The molecule has 1 unspecified atom stereocenters. The van der Waals surface area contributed by atoms with E-state index < -0.39 is 11.9 Å². The smallest absolute Gasteiger partial charge is 0.194 e. The molecule has 9 heteroatoms. The lowest BCUT2D eigenvalue weighted by Gasteiger charge is -2.22. The van der Waals surface area contributed by atoms with Crippen LogP contribution >= 0.6 is 0 Å². The van der Waals surface area contributed by atoms with Gasteiger partial charge in [0.2, 0.25) is 0 Å². The summed E-state index contributed by atoms with van der Waals surface area (Å²) in [5, 5.41) is 4.26. The largest absolute Gasteiger partial charge is 0.361 e. The molecule has 188 valence electrons. The van der Waals surface area contributed by atoms with Crippen molar-refractivity contribution in [3.05, 3.63) is 107 Å². The van der Waals surface area contributed by atoms with Crippen LogP contribution in [0.1, 0.15) is 31.1 Å². The van der Waals surface area contributed by atoms with Crippen molar-refractivity contribution >= 4 is 40.2 Å². The number of hydrogen-bond acceptors (Lipinski definition) is 7. The number of nitrogens with one attached hydrogen (secondary N) is 2. The highest BCUT2D eigenvalue weighted by atomic mass is 19.1. The minimum atomic E-state index is -0.463. The summed E-state index contributed by atoms with van der Waals surface area (Å²) in [7, 11) is 0. The van der Waals surface area contributed by atoms with E-state index in [9.17, 15) is 9.18 Å². The van der Waals surface area contributed by atoms with Crippen molar-refractivity contribution in [3.63, 3.8) is 0 Å². The van der Waals surface area contributed by atoms with E-state index in [2.05, 4.69) is 37.0 Å². The molecule has 2 N–H and O–H groups in total. The molecule has 8 nitrogen and oxygen atoms in total. The maximum Gasteiger partial charge on any atom is 0.194 e. The number of allylic oxidation sites excluding steroid dienone is 3. The Labute approximate surface area is 217 Å². The molecule has 0 spiro atoms. The molecule has 1 atom stereocenters. The van der Waals surface area contributed by atoms with Crippen molar-refractivity contribution in [1.82, 2.24) is 24.9 Å². The van der Waals surface area contributed by atoms with E-state index in [1.54, 1.807) is 18.5 Å². The Hall–Kier alpha value is -5.05. The molecule has 0 fully saturated rings. The number of pyridine rings is 3. The Bertz CT molecular complexity index is 1770. The number of halogens is 1. The van der Waals surface area contributed by atoms with Crippen LogP contribution in [0.4, 0.5) is 10.2 Å². The van der Waals surface area contributed by atoms with Crippen LogP contribution in [0, 0.1) is 5.82 Å². The number of aromatic amines is 1. The zero-order valence-corrected chi connectivity index (χ0v) is 20.8. The Morgan fingerprint density at radius 3 is 2.82 bits per heavy atom. The summed E-state index contributed by atoms with van der Waals surface area (Å²) in [4.78, 5) is 38.0. The van der Waals surface area contributed by atoms with Crippen LogP contribution in [0.2, 0.25) is 0 Å². The predicted molar refractivity (Wildman–Crippen MR) is 149 cm³/mol. The summed E-state index contributed by atoms with van der Waals surface area (Å²) in [6.07, 6.45) is 10.2. The molecule has 5 aromatic rings. The molecule has 4 aromatic heterocycles. The van der Waals surface area contributed by atoms with Crippen molar-refractivity contribution < 1.29 is 4.39 Å². The molecule has 5 rings (SSSR count). The van der Waals surface area contributed by atoms with Crippen LogP contribution < -0.4 is 10.7 Å². The number of benzene rings is 1. The van der Waals surface area contributed by atoms with Gasteiger partial charge in [0.25, 0.3) is 0 Å². The fraction of sp³-hybridized carbons (Fsp3) is 0.103. The standard InChI is InChI=1S/C29H24FN7O/c1-4-5-8-21(31-3)25-24(22-9-6-7-13-32-22)19-15-18(30)10-11-20(19)37-27(25)17(2)36-29-26-23(38)12-14-33-28(26)34-16-35-29/h4-17H,3H2,1-2H3,(H2,33,34,35,36,38)/b5-4-,21-8-. The van der Waals surface area contributed by atoms with Gasteiger partial charge in [0.15, 0.2) is 5.43 Å². The maximum absolute atomic E-state index is 14.5. The van der Waals surface area contributed by atoms with Crippen LogP contribution in [0.15, 0.2) is 89.2 Å². The molecule has 1 aromatic carbocycles. The van der Waals surface area contributed by atoms with Gasteiger partial charge >= 0.3 is 0 Å². The van der Waals surface area contributed by atoms with Crippen molar-refractivity contribution in [2.24, 2.45) is 4.99 Å². The van der Waals surface area contributed by atoms with Crippen molar-refractivity contribution in [2.45, 2.75) is 19.9 Å². The van der Waals surface area contributed by atoms with E-state index in [4.69, 9.17) is 4.98 Å². The Balaban J connectivity index is 1.81. The number of H-pyrrole nitrogens is 1. The summed E-state index contributed by atoms with van der Waals surface area (Å²) in [6, 6.07) is 11.0. The van der Waals surface area contributed by atoms with Gasteiger partial charge in [-0.15, -0.1) is 0 Å². The second-order valence-corrected chi connectivity index (χ2v) is 8.51. The number of fused-ring (bicyclic) bond motifs is 2. The first-order chi connectivity index (χ1) is 18.5. The van der Waals surface area contributed by atoms with Gasteiger partial charge < -0.3 is 10.3 Å². The molecule has 0 radical (unpaired) electrons. The SMILES string of the molecule is C=N/C(=C\C=C/C)c1c(C(C)Nc2ncnc3[nH]ccc(=O)c23)nc2ccc(F)cc2c1-c1ccccn1. The van der Waals surface area contributed by atoms with Gasteiger partial charge in [-0.1, -0.05) is 18.2 Å². The average Bonchev–Trinajstić information content (AvgIpc) is 2.93. The molecular formula is C29H24FN7O. The fourth-order valence-corrected chi connectivity index (χ4v) is 4.40. The van der Waals surface area contributed by atoms with Gasteiger partial charge in [-0.25, -0.2) is 19.3 Å². The summed E-state index contributed by atoms with van der Waals surface area (Å²) < 4.78 is 14.5. The molecule has 0 bridgehead atoms. The zero-order chi connectivity index (χ0) is 26.6. The molecule has 0 saturated heterocycles. The molecule has 4 heterocycles. The van der Waals surface area contributed by atoms with Crippen molar-refractivity contribution in [3.8, 4) is 11.3 Å². The first-order valence-corrected chi connectivity index (χ1v) is 12.0. The number of hydrogen-bond donors (Lipinski definition) is 2. The summed E-state index contributed by atoms with van der Waals surface area (Å²) in [5.41, 5.74) is 3.87. The number of aromatic nitrogens is 5. The molecule has 0 amide bonds. The van der Waals surface area contributed by atoms with Gasteiger partial charge in [-0.3, -0.25) is 14.8 Å². The van der Waals surface area contributed by atoms with E-state index in [0.29, 0.717) is 56.0 Å². The van der Waals surface area contributed by atoms with Gasteiger partial charge in [-0.2, -0.15) is 0 Å². The van der Waals surface area contributed by atoms with Gasteiger partial charge in [0.1, 0.15) is 29.0 Å². The monoisotopic (exact) mass is 505 g/mol. The van der Waals surface area contributed by atoms with Crippen LogP contribution in [0.5, 0.6) is 0 Å². The maximum atomic E-state index is 14.5. The second kappa shape index (κ2) is 10.5. The van der Waals surface area contributed by atoms with Crippen molar-refractivity contribution in [1.29, 1.82) is 0 Å². The first kappa shape index (κ1) is 24.6. The number of rotatable bonds is 7. The topological polar surface area (TPSA) is 109 Å². The summed E-state index contributed by atoms with van der Waals surface area (Å²) >= 11 is 0. The predicted octanol–water partition coefficient (Wildman–Crippen LogP) is 5.86. The highest BCUT2D eigenvalue weighted by molar-refractivity contribution is 6.01. The molecule has 38 heavy (non-hydrogen) atoms. The lowest BCUT2D eigenvalue weighted by molar-refractivity contribution is 0.629.